The van der Waals surface area contributed by atoms with Gasteiger partial charge in [-0.15, -0.1) is 0 Å². The van der Waals surface area contributed by atoms with Crippen LogP contribution in [0, 0.1) is 5.92 Å². The first-order valence-corrected chi connectivity index (χ1v) is 17.1. The number of sulfonamides is 1. The Hall–Kier alpha value is -3.99. The van der Waals surface area contributed by atoms with E-state index in [1.807, 2.05) is 62.4 Å². The summed E-state index contributed by atoms with van der Waals surface area (Å²) in [6.45, 7) is 6.46. The summed E-state index contributed by atoms with van der Waals surface area (Å²) < 4.78 is 44.4. The molecule has 3 aromatic carbocycles. The lowest BCUT2D eigenvalue weighted by molar-refractivity contribution is 0.0680. The summed E-state index contributed by atoms with van der Waals surface area (Å²) in [6.07, 6.45) is 4.91. The Kier molecular flexibility index (Phi) is 9.34. The van der Waals surface area contributed by atoms with Gasteiger partial charge in [-0.1, -0.05) is 24.3 Å². The zero-order chi connectivity index (χ0) is 31.4. The SMILES string of the molecule is CCOc1ccc(/C=C2\CCC[C@H]3C2=NN(C(=O)c2ccc(S(=O)(=O)N4CCOCC4)cc2)[C@H]3c2ccc(OCC)cc2)cc1. The lowest BCUT2D eigenvalue weighted by Crippen LogP contribution is -2.40. The topological polar surface area (TPSA) is 97.7 Å². The molecule has 1 saturated heterocycles. The van der Waals surface area contributed by atoms with Gasteiger partial charge in [0.25, 0.3) is 5.91 Å². The van der Waals surface area contributed by atoms with Gasteiger partial charge in [0.1, 0.15) is 11.5 Å². The third-order valence-corrected chi connectivity index (χ3v) is 10.4. The first-order chi connectivity index (χ1) is 21.9. The lowest BCUT2D eigenvalue weighted by Gasteiger charge is -2.30. The Morgan fingerprint density at radius 1 is 0.911 bits per heavy atom. The molecule has 0 spiro atoms. The maximum Gasteiger partial charge on any atom is 0.274 e. The molecular formula is C35H39N3O6S. The summed E-state index contributed by atoms with van der Waals surface area (Å²) in [6, 6.07) is 21.8. The number of morpholine rings is 1. The second kappa shape index (κ2) is 13.6. The van der Waals surface area contributed by atoms with E-state index < -0.39 is 10.0 Å². The summed E-state index contributed by atoms with van der Waals surface area (Å²) in [5.41, 5.74) is 4.45. The van der Waals surface area contributed by atoms with Crippen molar-refractivity contribution < 1.29 is 27.4 Å². The van der Waals surface area contributed by atoms with E-state index in [1.54, 1.807) is 17.1 Å². The zero-order valence-corrected chi connectivity index (χ0v) is 26.5. The quantitative estimate of drug-likeness (QED) is 0.291. The van der Waals surface area contributed by atoms with Gasteiger partial charge in [0, 0.05) is 24.6 Å². The molecule has 2 heterocycles. The van der Waals surface area contributed by atoms with Gasteiger partial charge >= 0.3 is 0 Å². The van der Waals surface area contributed by atoms with Gasteiger partial charge in [-0.05, 0) is 104 Å². The molecule has 45 heavy (non-hydrogen) atoms. The Morgan fingerprint density at radius 2 is 1.53 bits per heavy atom. The van der Waals surface area contributed by atoms with Crippen molar-refractivity contribution in [2.75, 3.05) is 39.5 Å². The van der Waals surface area contributed by atoms with Crippen LogP contribution in [0.4, 0.5) is 0 Å². The number of allylic oxidation sites excluding steroid dienone is 1. The molecule has 0 aromatic heterocycles. The largest absolute Gasteiger partial charge is 0.494 e. The van der Waals surface area contributed by atoms with Gasteiger partial charge in [-0.2, -0.15) is 9.41 Å². The summed E-state index contributed by atoms with van der Waals surface area (Å²) in [5.74, 6) is 1.35. The smallest absolute Gasteiger partial charge is 0.274 e. The fraction of sp³-hybridized carbons (Fsp3) is 0.371. The molecule has 1 amide bonds. The van der Waals surface area contributed by atoms with Gasteiger partial charge in [0.05, 0.1) is 43.1 Å². The van der Waals surface area contributed by atoms with Crippen LogP contribution in [-0.4, -0.2) is 68.9 Å². The molecule has 1 aliphatic carbocycles. The van der Waals surface area contributed by atoms with Gasteiger partial charge in [-0.3, -0.25) is 4.79 Å². The molecule has 1 saturated carbocycles. The lowest BCUT2D eigenvalue weighted by atomic mass is 9.77. The molecule has 2 fully saturated rings. The second-order valence-electron chi connectivity index (χ2n) is 11.3. The highest BCUT2D eigenvalue weighted by molar-refractivity contribution is 7.89. The fourth-order valence-electron chi connectivity index (χ4n) is 6.30. The highest BCUT2D eigenvalue weighted by atomic mass is 32.2. The Labute approximate surface area is 265 Å². The first-order valence-electron chi connectivity index (χ1n) is 15.7. The van der Waals surface area contributed by atoms with Gasteiger partial charge in [-0.25, -0.2) is 13.4 Å². The van der Waals surface area contributed by atoms with Crippen LogP contribution in [0.2, 0.25) is 0 Å². The van der Waals surface area contributed by atoms with E-state index in [2.05, 4.69) is 6.08 Å². The van der Waals surface area contributed by atoms with E-state index in [9.17, 15) is 13.2 Å². The molecule has 3 aliphatic rings. The van der Waals surface area contributed by atoms with E-state index in [0.29, 0.717) is 45.1 Å². The summed E-state index contributed by atoms with van der Waals surface area (Å²) in [7, 11) is -3.67. The summed E-state index contributed by atoms with van der Waals surface area (Å²) >= 11 is 0. The number of hydrogen-bond donors (Lipinski definition) is 0. The molecule has 0 N–H and O–H groups in total. The Balaban J connectivity index is 1.33. The predicted molar refractivity (Wildman–Crippen MR) is 173 cm³/mol. The van der Waals surface area contributed by atoms with E-state index >= 15 is 0 Å². The van der Waals surface area contributed by atoms with Crippen molar-refractivity contribution in [1.82, 2.24) is 9.31 Å². The van der Waals surface area contributed by atoms with Crippen LogP contribution in [0.3, 0.4) is 0 Å². The van der Waals surface area contributed by atoms with Crippen molar-refractivity contribution in [3.05, 3.63) is 95.1 Å². The van der Waals surface area contributed by atoms with E-state index in [1.165, 1.54) is 16.4 Å². The molecule has 2 aliphatic heterocycles. The number of ether oxygens (including phenoxy) is 3. The summed E-state index contributed by atoms with van der Waals surface area (Å²) in [4.78, 5) is 14.3. The van der Waals surface area contributed by atoms with Gasteiger partial charge < -0.3 is 14.2 Å². The number of hydrazone groups is 1. The number of carbonyl (C=O) groups is 1. The van der Waals surface area contributed by atoms with Gasteiger partial charge in [0.2, 0.25) is 10.0 Å². The number of carbonyl (C=O) groups excluding carboxylic acids is 1. The van der Waals surface area contributed by atoms with Crippen molar-refractivity contribution in [1.29, 1.82) is 0 Å². The number of amides is 1. The van der Waals surface area contributed by atoms with Crippen LogP contribution in [0.25, 0.3) is 6.08 Å². The molecule has 236 valence electrons. The number of rotatable bonds is 9. The van der Waals surface area contributed by atoms with Crippen LogP contribution in [0.5, 0.6) is 11.5 Å². The molecule has 2 atom stereocenters. The van der Waals surface area contributed by atoms with Crippen LogP contribution < -0.4 is 9.47 Å². The van der Waals surface area contributed by atoms with Crippen LogP contribution in [0.1, 0.15) is 60.6 Å². The van der Waals surface area contributed by atoms with Crippen LogP contribution in [0.15, 0.2) is 88.4 Å². The van der Waals surface area contributed by atoms with Crippen molar-refractivity contribution >= 4 is 27.7 Å². The average molecular weight is 630 g/mol. The highest BCUT2D eigenvalue weighted by Gasteiger charge is 2.44. The average Bonchev–Trinajstić information content (AvgIpc) is 3.47. The Bertz CT molecular complexity index is 1660. The number of hydrogen-bond acceptors (Lipinski definition) is 7. The maximum absolute atomic E-state index is 14.2. The van der Waals surface area contributed by atoms with Crippen molar-refractivity contribution in [2.24, 2.45) is 11.0 Å². The number of nitrogens with zero attached hydrogens (tertiary/aromatic N) is 3. The monoisotopic (exact) mass is 629 g/mol. The maximum atomic E-state index is 14.2. The molecule has 0 bridgehead atoms. The highest BCUT2D eigenvalue weighted by Crippen LogP contribution is 2.45. The molecule has 0 radical (unpaired) electrons. The molecule has 10 heteroatoms. The third kappa shape index (κ3) is 6.54. The Morgan fingerprint density at radius 3 is 2.16 bits per heavy atom. The van der Waals surface area contributed by atoms with Crippen LogP contribution in [-0.2, 0) is 14.8 Å². The third-order valence-electron chi connectivity index (χ3n) is 8.48. The van der Waals surface area contributed by atoms with E-state index in [0.717, 1.165) is 53.2 Å². The molecular weight excluding hydrogens is 590 g/mol. The van der Waals surface area contributed by atoms with Crippen LogP contribution >= 0.6 is 0 Å². The second-order valence-corrected chi connectivity index (χ2v) is 13.2. The minimum absolute atomic E-state index is 0.0237. The number of benzene rings is 3. The van der Waals surface area contributed by atoms with E-state index in [4.69, 9.17) is 19.3 Å². The minimum Gasteiger partial charge on any atom is -0.494 e. The van der Waals surface area contributed by atoms with Crippen molar-refractivity contribution in [3.63, 3.8) is 0 Å². The molecule has 6 rings (SSSR count). The van der Waals surface area contributed by atoms with Gasteiger partial charge in [0.15, 0.2) is 0 Å². The summed E-state index contributed by atoms with van der Waals surface area (Å²) in [5, 5.41) is 6.60. The molecule has 0 unspecified atom stereocenters. The van der Waals surface area contributed by atoms with Crippen molar-refractivity contribution in [2.45, 2.75) is 44.0 Å². The predicted octanol–water partition coefficient (Wildman–Crippen LogP) is 5.94. The normalized spacial score (nSPS) is 21.3. The minimum atomic E-state index is -3.67. The van der Waals surface area contributed by atoms with E-state index in [-0.39, 0.29) is 22.8 Å². The zero-order valence-electron chi connectivity index (χ0n) is 25.7. The van der Waals surface area contributed by atoms with Crippen molar-refractivity contribution in [3.8, 4) is 11.5 Å². The first kappa shape index (κ1) is 31.0. The molecule has 3 aromatic rings. The fourth-order valence-corrected chi connectivity index (χ4v) is 7.70. The molecule has 9 nitrogen and oxygen atoms in total. The number of fused-ring (bicyclic) bond motifs is 1. The standard InChI is InChI=1S/C35H39N3O6S/c1-3-43-29-14-8-25(9-15-29)24-28-6-5-7-32-33(28)36-38(34(32)26-10-16-30(17-11-26)44-4-2)35(39)27-12-18-31(19-13-27)45(40,41)37-20-22-42-23-21-37/h8-19,24,32,34H,3-7,20-23H2,1-2H3/b28-24+/t32-,34-/m0/s1.